The first-order chi connectivity index (χ1) is 13.1. The van der Waals surface area contributed by atoms with E-state index in [0.29, 0.717) is 24.6 Å². The summed E-state index contributed by atoms with van der Waals surface area (Å²) in [5.41, 5.74) is 12.0. The van der Waals surface area contributed by atoms with Crippen molar-refractivity contribution >= 4 is 33.1 Å². The van der Waals surface area contributed by atoms with Crippen molar-refractivity contribution in [2.45, 2.75) is 13.1 Å². The van der Waals surface area contributed by atoms with E-state index >= 15 is 0 Å². The van der Waals surface area contributed by atoms with Crippen LogP contribution in [0.5, 0.6) is 0 Å². The Balaban J connectivity index is 1.59. The van der Waals surface area contributed by atoms with Gasteiger partial charge < -0.3 is 10.8 Å². The monoisotopic (exact) mass is 381 g/mol. The van der Waals surface area contributed by atoms with E-state index in [9.17, 15) is 0 Å². The number of aliphatic hydroxyl groups excluding tert-OH is 1. The number of anilines is 2. The first-order valence-corrected chi connectivity index (χ1v) is 9.26. The molecule has 0 fully saturated rings. The molecule has 0 bridgehead atoms. The highest BCUT2D eigenvalue weighted by molar-refractivity contribution is 7.16. The summed E-state index contributed by atoms with van der Waals surface area (Å²) in [5.74, 6) is 6.78. The molecular formula is C18H19N7OS. The number of aliphatic hydroxyl groups is 1. The fraction of sp³-hybridized carbons (Fsp3) is 0.167. The van der Waals surface area contributed by atoms with Crippen LogP contribution < -0.4 is 16.6 Å². The van der Waals surface area contributed by atoms with Crippen molar-refractivity contribution in [3.8, 4) is 11.3 Å². The molecule has 3 aromatic heterocycles. The molecule has 1 aromatic carbocycles. The Morgan fingerprint density at radius 2 is 2.11 bits per heavy atom. The summed E-state index contributed by atoms with van der Waals surface area (Å²) < 4.78 is 2.78. The number of aromatic nitrogens is 4. The second kappa shape index (κ2) is 7.31. The first kappa shape index (κ1) is 17.4. The van der Waals surface area contributed by atoms with Crippen LogP contribution in [0.3, 0.4) is 0 Å². The van der Waals surface area contributed by atoms with E-state index in [-0.39, 0.29) is 6.61 Å². The third kappa shape index (κ3) is 3.61. The summed E-state index contributed by atoms with van der Waals surface area (Å²) in [6.07, 6.45) is 3.54. The van der Waals surface area contributed by atoms with E-state index in [1.165, 1.54) is 0 Å². The second-order valence-corrected chi connectivity index (χ2v) is 6.99. The van der Waals surface area contributed by atoms with E-state index in [4.69, 9.17) is 16.7 Å². The lowest BCUT2D eigenvalue weighted by Crippen LogP contribution is -2.31. The van der Waals surface area contributed by atoms with E-state index in [1.54, 1.807) is 33.3 Å². The topological polar surface area (TPSA) is 119 Å². The van der Waals surface area contributed by atoms with Gasteiger partial charge in [0.25, 0.3) is 0 Å². The highest BCUT2D eigenvalue weighted by Crippen LogP contribution is 2.26. The molecule has 0 unspecified atom stereocenters. The van der Waals surface area contributed by atoms with E-state index in [1.807, 2.05) is 29.9 Å². The normalized spacial score (nSPS) is 11.2. The largest absolute Gasteiger partial charge is 0.396 e. The van der Waals surface area contributed by atoms with E-state index < -0.39 is 0 Å². The molecule has 0 aliphatic carbocycles. The highest BCUT2D eigenvalue weighted by Gasteiger charge is 2.12. The number of nitrogens with zero attached hydrogens (tertiary/aromatic N) is 5. The van der Waals surface area contributed by atoms with Crippen molar-refractivity contribution in [1.29, 1.82) is 0 Å². The fourth-order valence-electron chi connectivity index (χ4n) is 2.84. The summed E-state index contributed by atoms with van der Waals surface area (Å²) in [6, 6.07) is 9.67. The number of fused-ring (bicyclic) bond motifs is 1. The Kier molecular flexibility index (Phi) is 4.71. The van der Waals surface area contributed by atoms with Gasteiger partial charge in [-0.25, -0.2) is 15.8 Å². The molecule has 0 aliphatic rings. The molecule has 8 nitrogen and oxygen atoms in total. The summed E-state index contributed by atoms with van der Waals surface area (Å²) in [6.45, 7) is 0.936. The third-order valence-electron chi connectivity index (χ3n) is 4.18. The number of hydrogen-bond acceptors (Lipinski definition) is 8. The van der Waals surface area contributed by atoms with Crippen molar-refractivity contribution < 1.29 is 5.11 Å². The zero-order valence-corrected chi connectivity index (χ0v) is 15.3. The van der Waals surface area contributed by atoms with Crippen LogP contribution in [0.2, 0.25) is 0 Å². The second-order valence-electron chi connectivity index (χ2n) is 6.11. The predicted octanol–water partition coefficient (Wildman–Crippen LogP) is 2.01. The smallest absolute Gasteiger partial charge is 0.166 e. The van der Waals surface area contributed by atoms with Crippen LogP contribution in [0.15, 0.2) is 48.2 Å². The predicted molar refractivity (Wildman–Crippen MR) is 107 cm³/mol. The molecular weight excluding hydrogens is 362 g/mol. The Hall–Kier alpha value is -3.01. The first-order valence-electron chi connectivity index (χ1n) is 8.38. The minimum Gasteiger partial charge on any atom is -0.396 e. The number of nitrogen functional groups attached to an aromatic ring is 1. The molecule has 3 heterocycles. The van der Waals surface area contributed by atoms with Gasteiger partial charge in [0.15, 0.2) is 5.82 Å². The maximum Gasteiger partial charge on any atom is 0.166 e. The van der Waals surface area contributed by atoms with E-state index in [0.717, 1.165) is 27.0 Å². The van der Waals surface area contributed by atoms with Gasteiger partial charge in [0.05, 0.1) is 53.0 Å². The Bertz CT molecular complexity index is 1070. The van der Waals surface area contributed by atoms with Crippen LogP contribution in [-0.4, -0.2) is 31.5 Å². The molecule has 27 heavy (non-hydrogen) atoms. The maximum atomic E-state index is 9.03. The van der Waals surface area contributed by atoms with Gasteiger partial charge in [-0.1, -0.05) is 6.07 Å². The number of pyridine rings is 1. The number of thiazole rings is 1. The Morgan fingerprint density at radius 1 is 1.22 bits per heavy atom. The van der Waals surface area contributed by atoms with Crippen LogP contribution in [0.1, 0.15) is 5.56 Å². The van der Waals surface area contributed by atoms with Gasteiger partial charge >= 0.3 is 0 Å². The van der Waals surface area contributed by atoms with Crippen LogP contribution in [0.25, 0.3) is 21.5 Å². The van der Waals surface area contributed by atoms with Gasteiger partial charge in [0.2, 0.25) is 0 Å². The summed E-state index contributed by atoms with van der Waals surface area (Å²) in [5, 5.41) is 14.8. The van der Waals surface area contributed by atoms with Gasteiger partial charge in [0.1, 0.15) is 0 Å². The van der Waals surface area contributed by atoms with E-state index in [2.05, 4.69) is 21.1 Å². The van der Waals surface area contributed by atoms with Crippen LogP contribution >= 0.6 is 11.3 Å². The van der Waals surface area contributed by atoms with Crippen molar-refractivity contribution in [2.24, 2.45) is 5.84 Å². The summed E-state index contributed by atoms with van der Waals surface area (Å²) >= 11 is 1.60. The SMILES string of the molecule is Nc1ccc(-c2cnn(CCO)c2)nc1N(N)Cc1ccc2ncsc2c1. The zero-order valence-electron chi connectivity index (χ0n) is 14.5. The van der Waals surface area contributed by atoms with Gasteiger partial charge in [0, 0.05) is 11.8 Å². The fourth-order valence-corrected chi connectivity index (χ4v) is 3.58. The van der Waals surface area contributed by atoms with Crippen LogP contribution in [0, 0.1) is 0 Å². The molecule has 0 aliphatic heterocycles. The molecule has 0 saturated carbocycles. The molecule has 5 N–H and O–H groups in total. The lowest BCUT2D eigenvalue weighted by molar-refractivity contribution is 0.269. The average molecular weight is 381 g/mol. The molecule has 0 saturated heterocycles. The maximum absolute atomic E-state index is 9.03. The summed E-state index contributed by atoms with van der Waals surface area (Å²) in [4.78, 5) is 8.90. The average Bonchev–Trinajstić information content (AvgIpc) is 3.31. The van der Waals surface area contributed by atoms with Crippen LogP contribution in [0.4, 0.5) is 11.5 Å². The Morgan fingerprint density at radius 3 is 2.96 bits per heavy atom. The molecule has 0 radical (unpaired) electrons. The van der Waals surface area contributed by atoms with Crippen molar-refractivity contribution in [2.75, 3.05) is 17.3 Å². The number of nitrogens with two attached hydrogens (primary N) is 2. The number of hydrazine groups is 1. The minimum absolute atomic E-state index is 0.0300. The molecule has 0 atom stereocenters. The van der Waals surface area contributed by atoms with Crippen molar-refractivity contribution in [1.82, 2.24) is 19.7 Å². The lowest BCUT2D eigenvalue weighted by Gasteiger charge is -2.20. The number of rotatable bonds is 6. The lowest BCUT2D eigenvalue weighted by atomic mass is 10.2. The summed E-state index contributed by atoms with van der Waals surface area (Å²) in [7, 11) is 0. The molecule has 0 amide bonds. The molecule has 138 valence electrons. The number of benzene rings is 1. The van der Waals surface area contributed by atoms with Crippen molar-refractivity contribution in [3.63, 3.8) is 0 Å². The molecule has 4 aromatic rings. The van der Waals surface area contributed by atoms with Gasteiger partial charge in [-0.2, -0.15) is 5.10 Å². The van der Waals surface area contributed by atoms with Crippen molar-refractivity contribution in [3.05, 3.63) is 53.8 Å². The third-order valence-corrected chi connectivity index (χ3v) is 4.98. The van der Waals surface area contributed by atoms with Gasteiger partial charge in [-0.3, -0.25) is 9.69 Å². The standard InChI is InChI=1S/C18H19N7OS/c19-14-2-4-15(13-8-22-24(10-13)5-6-26)23-18(14)25(20)9-12-1-3-16-17(7-12)27-11-21-16/h1-4,7-8,10-11,26H,5-6,9,19-20H2. The number of hydrogen-bond donors (Lipinski definition) is 3. The molecule has 0 spiro atoms. The quantitative estimate of drug-likeness (QED) is 0.345. The van der Waals surface area contributed by atoms with Crippen LogP contribution in [-0.2, 0) is 13.1 Å². The Labute approximate surface area is 159 Å². The minimum atomic E-state index is 0.0300. The molecule has 4 rings (SSSR count). The van der Waals surface area contributed by atoms with Gasteiger partial charge in [-0.15, -0.1) is 11.3 Å². The molecule has 9 heteroatoms. The van der Waals surface area contributed by atoms with Gasteiger partial charge in [-0.05, 0) is 29.8 Å². The highest BCUT2D eigenvalue weighted by atomic mass is 32.1. The zero-order chi connectivity index (χ0) is 18.8.